The summed E-state index contributed by atoms with van der Waals surface area (Å²) in [7, 11) is 0. The van der Waals surface area contributed by atoms with Crippen LogP contribution in [0.4, 0.5) is 20.5 Å². The lowest BCUT2D eigenvalue weighted by atomic mass is 9.96. The summed E-state index contributed by atoms with van der Waals surface area (Å²) in [5.41, 5.74) is 7.39. The second-order valence-corrected chi connectivity index (χ2v) is 7.30. The Hall–Kier alpha value is -4.32. The molecule has 160 valence electrons. The molecule has 9 heteroatoms. The van der Waals surface area contributed by atoms with Crippen LogP contribution in [-0.4, -0.2) is 14.4 Å². The molecule has 3 N–H and O–H groups in total. The number of pyridine rings is 2. The van der Waals surface area contributed by atoms with Crippen molar-refractivity contribution in [3.05, 3.63) is 87.5 Å². The molecule has 0 fully saturated rings. The number of halogens is 2. The summed E-state index contributed by atoms with van der Waals surface area (Å²) in [6, 6.07) is 11.6. The molecule has 3 heterocycles. The van der Waals surface area contributed by atoms with Gasteiger partial charge in [0.25, 0.3) is 5.56 Å². The van der Waals surface area contributed by atoms with E-state index in [2.05, 4.69) is 15.3 Å². The molecule has 3 aromatic heterocycles. The number of fused-ring (bicyclic) bond motifs is 1. The van der Waals surface area contributed by atoms with Gasteiger partial charge in [-0.15, -0.1) is 0 Å². The first-order valence-corrected chi connectivity index (χ1v) is 9.70. The third-order valence-electron chi connectivity index (χ3n) is 5.12. The highest BCUT2D eigenvalue weighted by Crippen LogP contribution is 2.30. The first-order chi connectivity index (χ1) is 15.3. The Bertz CT molecular complexity index is 1460. The number of hydrogen-bond donors (Lipinski definition) is 2. The van der Waals surface area contributed by atoms with Gasteiger partial charge in [0.15, 0.2) is 0 Å². The van der Waals surface area contributed by atoms with Crippen molar-refractivity contribution >= 4 is 17.3 Å². The van der Waals surface area contributed by atoms with Crippen molar-refractivity contribution in [2.24, 2.45) is 0 Å². The van der Waals surface area contributed by atoms with Crippen molar-refractivity contribution < 1.29 is 8.78 Å². The van der Waals surface area contributed by atoms with E-state index >= 15 is 0 Å². The zero-order chi connectivity index (χ0) is 23.0. The molecule has 0 bridgehead atoms. The standard InChI is InChI=1S/C23H18F2N6O/c1-12(28-21-19(10-26)13(2)29-23(27)30-21)18-9-17-7-6-16(25)11-31(17)22(32)20(18)14-4-3-5-15(24)8-14/h3-9,11-12H,1-2H3,(H3,27,28,29,30)/t12-/m0/s1. The first-order valence-electron chi connectivity index (χ1n) is 9.70. The number of nitrogen functional groups attached to an aromatic ring is 1. The largest absolute Gasteiger partial charge is 0.368 e. The second-order valence-electron chi connectivity index (χ2n) is 7.30. The lowest BCUT2D eigenvalue weighted by Crippen LogP contribution is -2.21. The van der Waals surface area contributed by atoms with Crippen molar-refractivity contribution in [1.82, 2.24) is 14.4 Å². The van der Waals surface area contributed by atoms with Crippen molar-refractivity contribution in [3.8, 4) is 17.2 Å². The molecule has 0 aliphatic rings. The SMILES string of the molecule is Cc1nc(N)nc(N[C@@H](C)c2cc3ccc(F)cn3c(=O)c2-c2cccc(F)c2)c1C#N. The minimum atomic E-state index is -0.575. The highest BCUT2D eigenvalue weighted by molar-refractivity contribution is 5.71. The van der Waals surface area contributed by atoms with E-state index in [4.69, 9.17) is 5.73 Å². The molecule has 0 saturated heterocycles. The van der Waals surface area contributed by atoms with E-state index in [0.717, 1.165) is 6.20 Å². The molecule has 0 amide bonds. The molecule has 4 aromatic rings. The van der Waals surface area contributed by atoms with Crippen molar-refractivity contribution in [2.45, 2.75) is 19.9 Å². The summed E-state index contributed by atoms with van der Waals surface area (Å²) in [5.74, 6) is -0.872. The molecule has 0 aliphatic carbocycles. The highest BCUT2D eigenvalue weighted by atomic mass is 19.1. The van der Waals surface area contributed by atoms with Gasteiger partial charge < -0.3 is 11.1 Å². The van der Waals surface area contributed by atoms with Gasteiger partial charge in [-0.3, -0.25) is 9.20 Å². The molecule has 7 nitrogen and oxygen atoms in total. The van der Waals surface area contributed by atoms with Gasteiger partial charge in [0, 0.05) is 11.7 Å². The molecule has 32 heavy (non-hydrogen) atoms. The third-order valence-corrected chi connectivity index (χ3v) is 5.12. The number of aryl methyl sites for hydroxylation is 1. The zero-order valence-electron chi connectivity index (χ0n) is 17.2. The average molecular weight is 432 g/mol. The summed E-state index contributed by atoms with van der Waals surface area (Å²) < 4.78 is 29.0. The van der Waals surface area contributed by atoms with E-state index in [1.807, 2.05) is 6.07 Å². The fourth-order valence-corrected chi connectivity index (χ4v) is 3.65. The molecule has 0 aliphatic heterocycles. The van der Waals surface area contributed by atoms with Crippen molar-refractivity contribution in [1.29, 1.82) is 5.26 Å². The van der Waals surface area contributed by atoms with Crippen LogP contribution in [0.1, 0.15) is 29.8 Å². The zero-order valence-corrected chi connectivity index (χ0v) is 17.2. The Balaban J connectivity index is 1.94. The van der Waals surface area contributed by atoms with Gasteiger partial charge in [-0.25, -0.2) is 13.8 Å². The molecule has 4 rings (SSSR count). The Morgan fingerprint density at radius 1 is 1.16 bits per heavy atom. The fourth-order valence-electron chi connectivity index (χ4n) is 3.65. The van der Waals surface area contributed by atoms with Crippen molar-refractivity contribution in [3.63, 3.8) is 0 Å². The molecule has 0 radical (unpaired) electrons. The molecule has 1 atom stereocenters. The molecule has 0 saturated carbocycles. The lowest BCUT2D eigenvalue weighted by molar-refractivity contribution is 0.618. The number of aromatic nitrogens is 3. The van der Waals surface area contributed by atoms with Crippen LogP contribution in [0.5, 0.6) is 0 Å². The maximum atomic E-state index is 14.0. The van der Waals surface area contributed by atoms with Crippen LogP contribution in [0.15, 0.2) is 53.5 Å². The summed E-state index contributed by atoms with van der Waals surface area (Å²) in [5, 5.41) is 12.6. The van der Waals surface area contributed by atoms with E-state index < -0.39 is 23.2 Å². The third kappa shape index (κ3) is 3.74. The van der Waals surface area contributed by atoms with Gasteiger partial charge in [0.1, 0.15) is 29.1 Å². The minimum absolute atomic E-state index is 0.00406. The Labute approximate surface area is 181 Å². The number of nitrogens with two attached hydrogens (primary N) is 1. The van der Waals surface area contributed by atoms with Gasteiger partial charge in [-0.05, 0) is 55.3 Å². The smallest absolute Gasteiger partial charge is 0.263 e. The number of anilines is 2. The van der Waals surface area contributed by atoms with E-state index in [1.165, 1.54) is 34.7 Å². The predicted molar refractivity (Wildman–Crippen MR) is 117 cm³/mol. The number of nitriles is 1. The van der Waals surface area contributed by atoms with Gasteiger partial charge in [0.2, 0.25) is 5.95 Å². The molecular weight excluding hydrogens is 414 g/mol. The van der Waals surface area contributed by atoms with Crippen LogP contribution in [0.25, 0.3) is 16.6 Å². The van der Waals surface area contributed by atoms with Gasteiger partial charge in [-0.2, -0.15) is 10.2 Å². The Morgan fingerprint density at radius 2 is 1.94 bits per heavy atom. The number of nitrogens with zero attached hydrogens (tertiary/aromatic N) is 4. The molecule has 0 unspecified atom stereocenters. The quantitative estimate of drug-likeness (QED) is 0.505. The predicted octanol–water partition coefficient (Wildman–Crippen LogP) is 3.97. The monoisotopic (exact) mass is 432 g/mol. The fraction of sp³-hybridized carbons (Fsp3) is 0.130. The molecule has 1 aromatic carbocycles. The van der Waals surface area contributed by atoms with Gasteiger partial charge in [0.05, 0.1) is 17.3 Å². The first kappa shape index (κ1) is 20.9. The summed E-state index contributed by atoms with van der Waals surface area (Å²) in [6.07, 6.45) is 1.09. The van der Waals surface area contributed by atoms with E-state index in [9.17, 15) is 18.8 Å². The van der Waals surface area contributed by atoms with E-state index in [-0.39, 0.29) is 22.9 Å². The van der Waals surface area contributed by atoms with Crippen LogP contribution in [0.3, 0.4) is 0 Å². The lowest BCUT2D eigenvalue weighted by Gasteiger charge is -2.20. The maximum Gasteiger partial charge on any atom is 0.263 e. The number of hydrogen-bond acceptors (Lipinski definition) is 6. The average Bonchev–Trinajstić information content (AvgIpc) is 2.73. The minimum Gasteiger partial charge on any atom is -0.368 e. The van der Waals surface area contributed by atoms with Crippen molar-refractivity contribution in [2.75, 3.05) is 11.1 Å². The Morgan fingerprint density at radius 3 is 2.66 bits per heavy atom. The summed E-state index contributed by atoms with van der Waals surface area (Å²) in [6.45, 7) is 3.41. The number of nitrogens with one attached hydrogen (secondary N) is 1. The Kier molecular flexibility index (Phi) is 5.28. The van der Waals surface area contributed by atoms with Crippen LogP contribution < -0.4 is 16.6 Å². The van der Waals surface area contributed by atoms with Crippen LogP contribution >= 0.6 is 0 Å². The van der Waals surface area contributed by atoms with Crippen LogP contribution in [-0.2, 0) is 0 Å². The maximum absolute atomic E-state index is 14.0. The van der Waals surface area contributed by atoms with Gasteiger partial charge in [-0.1, -0.05) is 12.1 Å². The second kappa shape index (κ2) is 8.07. The van der Waals surface area contributed by atoms with Gasteiger partial charge >= 0.3 is 0 Å². The van der Waals surface area contributed by atoms with E-state index in [1.54, 1.807) is 26.0 Å². The number of benzene rings is 1. The van der Waals surface area contributed by atoms with Crippen LogP contribution in [0, 0.1) is 29.9 Å². The number of rotatable bonds is 4. The normalized spacial score (nSPS) is 11.8. The van der Waals surface area contributed by atoms with E-state index in [0.29, 0.717) is 22.3 Å². The summed E-state index contributed by atoms with van der Waals surface area (Å²) in [4.78, 5) is 21.5. The summed E-state index contributed by atoms with van der Waals surface area (Å²) >= 11 is 0. The molecule has 0 spiro atoms. The topological polar surface area (TPSA) is 109 Å². The van der Waals surface area contributed by atoms with Crippen LogP contribution in [0.2, 0.25) is 0 Å². The highest BCUT2D eigenvalue weighted by Gasteiger charge is 2.21. The molecular formula is C23H18F2N6O.